The Hall–Kier alpha value is -1.10. The van der Waals surface area contributed by atoms with Gasteiger partial charge in [-0.3, -0.25) is 4.79 Å². The van der Waals surface area contributed by atoms with E-state index in [1.54, 1.807) is 0 Å². The second-order valence-corrected chi connectivity index (χ2v) is 10.7. The largest absolute Gasteiger partial charge is 0.662 e. The van der Waals surface area contributed by atoms with Crippen molar-refractivity contribution in [2.45, 2.75) is 69.4 Å². The number of rotatable bonds is 15. The average molecular weight is 721 g/mol. The summed E-state index contributed by atoms with van der Waals surface area (Å²) in [4.78, 5) is 14.7. The standard InChI is InChI=1S/C28H46N3O7.W/c32-19-25(34)28(37)27(36)24(33)18-30-17-22-9-13-31(14-10-22)26(35)16-21-3-5-23(6-4-21)38-15-1-2-20-7-11-29-12-8-20;/h3-6,20,22,24-25,27-28,30,32-34,36-37H,1-2,7-19H2;/q-1;/t24-,25+,27+,28+;/m0./s1. The fourth-order valence-corrected chi connectivity index (χ4v) is 5.15. The van der Waals surface area contributed by atoms with Gasteiger partial charge in [0.2, 0.25) is 5.91 Å². The Balaban J connectivity index is 0.00000533. The summed E-state index contributed by atoms with van der Waals surface area (Å²) in [5, 5.41) is 55.3. The van der Waals surface area contributed by atoms with Crippen molar-refractivity contribution in [3.05, 3.63) is 35.1 Å². The van der Waals surface area contributed by atoms with Gasteiger partial charge in [-0.05, 0) is 61.8 Å². The quantitative estimate of drug-likeness (QED) is 0.143. The van der Waals surface area contributed by atoms with Crippen molar-refractivity contribution in [1.29, 1.82) is 0 Å². The number of carbonyl (C=O) groups is 1. The van der Waals surface area contributed by atoms with Crippen LogP contribution in [-0.4, -0.2) is 113 Å². The fourth-order valence-electron chi connectivity index (χ4n) is 5.15. The molecule has 2 aliphatic rings. The summed E-state index contributed by atoms with van der Waals surface area (Å²) in [5.41, 5.74) is 0.971. The van der Waals surface area contributed by atoms with Gasteiger partial charge < -0.3 is 45.8 Å². The van der Waals surface area contributed by atoms with E-state index < -0.39 is 31.0 Å². The normalized spacial score (nSPS) is 20.1. The van der Waals surface area contributed by atoms with E-state index in [4.69, 9.17) is 9.84 Å². The molecule has 2 aliphatic heterocycles. The third-order valence-corrected chi connectivity index (χ3v) is 7.77. The van der Waals surface area contributed by atoms with Crippen LogP contribution in [0.4, 0.5) is 0 Å². The summed E-state index contributed by atoms with van der Waals surface area (Å²) in [5.74, 6) is 2.07. The molecule has 39 heavy (non-hydrogen) atoms. The Morgan fingerprint density at radius 2 is 1.62 bits per heavy atom. The number of amides is 1. The first kappa shape index (κ1) is 34.1. The van der Waals surface area contributed by atoms with E-state index in [2.05, 4.69) is 10.6 Å². The first-order chi connectivity index (χ1) is 18.4. The molecule has 1 aromatic carbocycles. The Morgan fingerprint density at radius 1 is 0.974 bits per heavy atom. The number of carbonyl (C=O) groups excluding carboxylic acids is 1. The molecule has 11 heteroatoms. The van der Waals surface area contributed by atoms with Gasteiger partial charge in [-0.25, -0.2) is 0 Å². The predicted octanol–water partition coefficient (Wildman–Crippen LogP) is 0.433. The zero-order valence-electron chi connectivity index (χ0n) is 22.7. The van der Waals surface area contributed by atoms with Gasteiger partial charge >= 0.3 is 0 Å². The molecule has 2 saturated heterocycles. The molecule has 0 aromatic heterocycles. The monoisotopic (exact) mass is 720 g/mol. The fraction of sp³-hybridized carbons (Fsp3) is 0.750. The van der Waals surface area contributed by atoms with E-state index in [0.29, 0.717) is 38.6 Å². The van der Waals surface area contributed by atoms with Crippen LogP contribution in [0.15, 0.2) is 24.3 Å². The summed E-state index contributed by atoms with van der Waals surface area (Å²) >= 11 is 0. The second-order valence-electron chi connectivity index (χ2n) is 10.7. The zero-order chi connectivity index (χ0) is 27.3. The van der Waals surface area contributed by atoms with Crippen molar-refractivity contribution in [2.75, 3.05) is 52.5 Å². The van der Waals surface area contributed by atoms with Crippen LogP contribution >= 0.6 is 0 Å². The molecule has 222 valence electrons. The molecule has 0 radical (unpaired) electrons. The maximum atomic E-state index is 12.8. The predicted molar refractivity (Wildman–Crippen MR) is 144 cm³/mol. The number of ether oxygens (including phenoxy) is 1. The third kappa shape index (κ3) is 11.7. The molecule has 3 rings (SSSR count). The Kier molecular flexibility index (Phi) is 16.0. The first-order valence-electron chi connectivity index (χ1n) is 14.0. The average Bonchev–Trinajstić information content (AvgIpc) is 2.95. The molecule has 2 fully saturated rings. The van der Waals surface area contributed by atoms with E-state index in [1.165, 1.54) is 19.3 Å². The van der Waals surface area contributed by atoms with Crippen molar-refractivity contribution in [3.63, 3.8) is 0 Å². The van der Waals surface area contributed by atoms with Crippen LogP contribution in [0.1, 0.15) is 44.1 Å². The summed E-state index contributed by atoms with van der Waals surface area (Å²) < 4.78 is 5.88. The van der Waals surface area contributed by atoms with Gasteiger partial charge in [0, 0.05) is 40.7 Å². The van der Waals surface area contributed by atoms with Gasteiger partial charge in [0.1, 0.15) is 24.1 Å². The van der Waals surface area contributed by atoms with Crippen LogP contribution in [0.3, 0.4) is 0 Å². The zero-order valence-corrected chi connectivity index (χ0v) is 25.7. The molecule has 1 aromatic rings. The maximum absolute atomic E-state index is 12.8. The third-order valence-electron chi connectivity index (χ3n) is 7.77. The molecule has 0 bridgehead atoms. The number of nitrogens with zero attached hydrogens (tertiary/aromatic N) is 2. The van der Waals surface area contributed by atoms with Crippen molar-refractivity contribution >= 4 is 5.91 Å². The molecule has 2 heterocycles. The van der Waals surface area contributed by atoms with Gasteiger partial charge in [0.15, 0.2) is 0 Å². The summed E-state index contributed by atoms with van der Waals surface area (Å²) in [6.45, 7) is 4.03. The van der Waals surface area contributed by atoms with Gasteiger partial charge in [0.25, 0.3) is 0 Å². The molecular weight excluding hydrogens is 674 g/mol. The Bertz CT molecular complexity index is 805. The van der Waals surface area contributed by atoms with Crippen molar-refractivity contribution < 1.29 is 56.1 Å². The van der Waals surface area contributed by atoms with E-state index in [1.807, 2.05) is 29.2 Å². The second kappa shape index (κ2) is 18.4. The number of piperidine rings is 2. The molecular formula is C28H46N3O7W-. The summed E-state index contributed by atoms with van der Waals surface area (Å²) in [7, 11) is 0. The number of benzene rings is 1. The van der Waals surface area contributed by atoms with Crippen LogP contribution in [0.5, 0.6) is 5.75 Å². The number of likely N-dealkylation sites (tertiary alicyclic amines) is 1. The molecule has 0 unspecified atom stereocenters. The minimum absolute atomic E-state index is 0. The van der Waals surface area contributed by atoms with Gasteiger partial charge in [0.05, 0.1) is 25.7 Å². The Morgan fingerprint density at radius 3 is 2.26 bits per heavy atom. The van der Waals surface area contributed by atoms with Crippen LogP contribution in [-0.2, 0) is 32.3 Å². The molecule has 0 saturated carbocycles. The summed E-state index contributed by atoms with van der Waals surface area (Å²) in [6, 6.07) is 7.80. The number of aliphatic hydroxyl groups excluding tert-OH is 5. The SMILES string of the molecule is O=C(Cc1ccc(OCCCC2CC[N-]CC2)cc1)N1CCC(CNC[C@H](O)[C@@H](O)[C@H](O)[C@H](O)CO)CC1.[W]. The van der Waals surface area contributed by atoms with Crippen LogP contribution in [0.2, 0.25) is 0 Å². The summed E-state index contributed by atoms with van der Waals surface area (Å²) in [6.07, 6.45) is 0.732. The van der Waals surface area contributed by atoms with E-state index >= 15 is 0 Å². The molecule has 10 nitrogen and oxygen atoms in total. The number of hydrogen-bond acceptors (Lipinski definition) is 8. The van der Waals surface area contributed by atoms with Crippen LogP contribution in [0, 0.1) is 11.8 Å². The van der Waals surface area contributed by atoms with Crippen molar-refractivity contribution in [1.82, 2.24) is 10.2 Å². The molecule has 0 spiro atoms. The molecule has 4 atom stereocenters. The minimum Gasteiger partial charge on any atom is -0.662 e. The van der Waals surface area contributed by atoms with Crippen molar-refractivity contribution in [2.24, 2.45) is 11.8 Å². The molecule has 1 amide bonds. The van der Waals surface area contributed by atoms with E-state index in [0.717, 1.165) is 49.6 Å². The van der Waals surface area contributed by atoms with Crippen molar-refractivity contribution in [3.8, 4) is 5.75 Å². The van der Waals surface area contributed by atoms with Gasteiger partial charge in [-0.2, -0.15) is 0 Å². The number of hydrogen-bond donors (Lipinski definition) is 6. The molecule has 6 N–H and O–H groups in total. The maximum Gasteiger partial charge on any atom is 0.226 e. The smallest absolute Gasteiger partial charge is 0.226 e. The molecule has 0 aliphatic carbocycles. The van der Waals surface area contributed by atoms with Gasteiger partial charge in [-0.1, -0.05) is 25.0 Å². The topological polar surface area (TPSA) is 157 Å². The van der Waals surface area contributed by atoms with E-state index in [9.17, 15) is 25.2 Å². The number of nitrogens with one attached hydrogen (secondary N) is 1. The van der Waals surface area contributed by atoms with E-state index in [-0.39, 0.29) is 33.5 Å². The van der Waals surface area contributed by atoms with Crippen LogP contribution < -0.4 is 10.1 Å². The Labute approximate surface area is 246 Å². The van der Waals surface area contributed by atoms with Crippen LogP contribution in [0.25, 0.3) is 5.32 Å². The minimum atomic E-state index is -1.62. The van der Waals surface area contributed by atoms with Gasteiger partial charge in [-0.15, -0.1) is 13.1 Å². The number of aliphatic hydroxyl groups is 5. The first-order valence-corrected chi connectivity index (χ1v) is 14.0.